The van der Waals surface area contributed by atoms with Gasteiger partial charge in [-0.25, -0.2) is 0 Å². The fraction of sp³-hybridized carbons (Fsp3) is 0.312. The zero-order chi connectivity index (χ0) is 13.5. The molecule has 3 heteroatoms. The van der Waals surface area contributed by atoms with E-state index in [1.165, 1.54) is 9.13 Å². The van der Waals surface area contributed by atoms with Crippen molar-refractivity contribution in [2.45, 2.75) is 25.8 Å². The molecule has 2 aromatic rings. The monoisotopic (exact) mass is 366 g/mol. The Morgan fingerprint density at radius 3 is 2.79 bits per heavy atom. The quantitative estimate of drug-likeness (QED) is 0.783. The Kier molecular flexibility index (Phi) is 5.79. The van der Waals surface area contributed by atoms with Crippen LogP contribution in [0.3, 0.4) is 0 Å². The number of rotatable bonds is 6. The first-order chi connectivity index (χ1) is 9.29. The molecule has 0 amide bonds. The third-order valence-electron chi connectivity index (χ3n) is 3.03. The van der Waals surface area contributed by atoms with Gasteiger partial charge in [-0.3, -0.25) is 4.98 Å². The lowest BCUT2D eigenvalue weighted by atomic mass is 10.0. The molecule has 1 N–H and O–H groups in total. The van der Waals surface area contributed by atoms with Crippen LogP contribution in [-0.4, -0.2) is 11.5 Å². The van der Waals surface area contributed by atoms with Crippen LogP contribution in [0.15, 0.2) is 48.7 Å². The maximum Gasteiger partial charge on any atom is 0.0422 e. The minimum absolute atomic E-state index is 0.338. The summed E-state index contributed by atoms with van der Waals surface area (Å²) in [5.41, 5.74) is 2.47. The van der Waals surface area contributed by atoms with Crippen molar-refractivity contribution in [1.29, 1.82) is 0 Å². The molecule has 1 unspecified atom stereocenters. The van der Waals surface area contributed by atoms with Crippen molar-refractivity contribution in [3.05, 3.63) is 63.5 Å². The average molecular weight is 366 g/mol. The Morgan fingerprint density at radius 2 is 2.11 bits per heavy atom. The maximum atomic E-state index is 4.43. The largest absolute Gasteiger partial charge is 0.310 e. The molecule has 0 bridgehead atoms. The lowest BCUT2D eigenvalue weighted by Crippen LogP contribution is -2.24. The molecule has 0 aliphatic rings. The Labute approximate surface area is 128 Å². The highest BCUT2D eigenvalue weighted by Gasteiger charge is 2.12. The number of hydrogen-bond acceptors (Lipinski definition) is 2. The molecule has 0 spiro atoms. The van der Waals surface area contributed by atoms with Crippen molar-refractivity contribution in [3.63, 3.8) is 0 Å². The van der Waals surface area contributed by atoms with Crippen molar-refractivity contribution in [2.24, 2.45) is 0 Å². The van der Waals surface area contributed by atoms with E-state index in [9.17, 15) is 0 Å². The van der Waals surface area contributed by atoms with Gasteiger partial charge >= 0.3 is 0 Å². The molecule has 2 nitrogen and oxygen atoms in total. The first kappa shape index (κ1) is 14.5. The standard InChI is InChI=1S/C16H19IN2/c1-2-9-19-16(12-15-8-3-4-10-18-15)13-6-5-7-14(17)11-13/h3-8,10-11,16,19H,2,9,12H2,1H3. The lowest BCUT2D eigenvalue weighted by molar-refractivity contribution is 0.524. The van der Waals surface area contributed by atoms with Gasteiger partial charge < -0.3 is 5.32 Å². The SMILES string of the molecule is CCCNC(Cc1ccccn1)c1cccc(I)c1. The molecule has 0 aliphatic heterocycles. The number of halogens is 1. The van der Waals surface area contributed by atoms with E-state index in [1.807, 2.05) is 18.3 Å². The van der Waals surface area contributed by atoms with Crippen molar-refractivity contribution in [2.75, 3.05) is 6.54 Å². The zero-order valence-electron chi connectivity index (χ0n) is 11.1. The van der Waals surface area contributed by atoms with E-state index < -0.39 is 0 Å². The second-order valence-electron chi connectivity index (χ2n) is 4.59. The van der Waals surface area contributed by atoms with Crippen LogP contribution in [0.2, 0.25) is 0 Å². The predicted molar refractivity (Wildman–Crippen MR) is 88.1 cm³/mol. The first-order valence-electron chi connectivity index (χ1n) is 6.68. The summed E-state index contributed by atoms with van der Waals surface area (Å²) in [5, 5.41) is 3.62. The normalized spacial score (nSPS) is 12.3. The van der Waals surface area contributed by atoms with Crippen LogP contribution in [0, 0.1) is 3.57 Å². The van der Waals surface area contributed by atoms with E-state index in [4.69, 9.17) is 0 Å². The predicted octanol–water partition coefficient (Wildman–Crippen LogP) is 3.97. The van der Waals surface area contributed by atoms with Crippen molar-refractivity contribution >= 4 is 22.6 Å². The van der Waals surface area contributed by atoms with E-state index in [2.05, 4.69) is 70.1 Å². The van der Waals surface area contributed by atoms with E-state index in [1.54, 1.807) is 0 Å². The minimum atomic E-state index is 0.338. The van der Waals surface area contributed by atoms with Crippen LogP contribution in [0.5, 0.6) is 0 Å². The summed E-state index contributed by atoms with van der Waals surface area (Å²) in [5.74, 6) is 0. The summed E-state index contributed by atoms with van der Waals surface area (Å²) < 4.78 is 1.28. The Balaban J connectivity index is 2.16. The van der Waals surface area contributed by atoms with Gasteiger partial charge in [0.15, 0.2) is 0 Å². The molecule has 2 rings (SSSR count). The van der Waals surface area contributed by atoms with Gasteiger partial charge in [0.2, 0.25) is 0 Å². The summed E-state index contributed by atoms with van der Waals surface area (Å²) in [6.45, 7) is 3.22. The summed E-state index contributed by atoms with van der Waals surface area (Å²) in [7, 11) is 0. The average Bonchev–Trinajstić information content (AvgIpc) is 2.44. The zero-order valence-corrected chi connectivity index (χ0v) is 13.3. The van der Waals surface area contributed by atoms with Crippen molar-refractivity contribution < 1.29 is 0 Å². The van der Waals surface area contributed by atoms with Gasteiger partial charge in [0.05, 0.1) is 0 Å². The van der Waals surface area contributed by atoms with Crippen LogP contribution < -0.4 is 5.32 Å². The second kappa shape index (κ2) is 7.60. The molecule has 0 radical (unpaired) electrons. The Morgan fingerprint density at radius 1 is 1.21 bits per heavy atom. The van der Waals surface area contributed by atoms with Gasteiger partial charge in [-0.1, -0.05) is 25.1 Å². The van der Waals surface area contributed by atoms with Crippen LogP contribution in [0.4, 0.5) is 0 Å². The molecular weight excluding hydrogens is 347 g/mol. The third-order valence-corrected chi connectivity index (χ3v) is 3.70. The Hall–Kier alpha value is -0.940. The Bertz CT molecular complexity index is 499. The highest BCUT2D eigenvalue weighted by atomic mass is 127. The molecule has 19 heavy (non-hydrogen) atoms. The maximum absolute atomic E-state index is 4.43. The molecule has 1 aromatic carbocycles. The van der Waals surface area contributed by atoms with Crippen molar-refractivity contribution in [3.8, 4) is 0 Å². The summed E-state index contributed by atoms with van der Waals surface area (Å²) in [6.07, 6.45) is 3.94. The number of aromatic nitrogens is 1. The topological polar surface area (TPSA) is 24.9 Å². The number of hydrogen-bond donors (Lipinski definition) is 1. The highest BCUT2D eigenvalue weighted by molar-refractivity contribution is 14.1. The molecule has 0 aliphatic carbocycles. The highest BCUT2D eigenvalue weighted by Crippen LogP contribution is 2.19. The van der Waals surface area contributed by atoms with Crippen LogP contribution in [0.1, 0.15) is 30.6 Å². The van der Waals surface area contributed by atoms with Crippen LogP contribution in [-0.2, 0) is 6.42 Å². The number of benzene rings is 1. The minimum Gasteiger partial charge on any atom is -0.310 e. The molecule has 0 fully saturated rings. The first-order valence-corrected chi connectivity index (χ1v) is 7.76. The molecule has 0 saturated carbocycles. The van der Waals surface area contributed by atoms with Gasteiger partial charge in [-0.2, -0.15) is 0 Å². The van der Waals surface area contributed by atoms with E-state index in [0.29, 0.717) is 6.04 Å². The molecular formula is C16H19IN2. The van der Waals surface area contributed by atoms with Gasteiger partial charge in [0.25, 0.3) is 0 Å². The van der Waals surface area contributed by atoms with Crippen molar-refractivity contribution in [1.82, 2.24) is 10.3 Å². The second-order valence-corrected chi connectivity index (χ2v) is 5.83. The van der Waals surface area contributed by atoms with Gasteiger partial charge in [-0.15, -0.1) is 0 Å². The molecule has 100 valence electrons. The van der Waals surface area contributed by atoms with Gasteiger partial charge in [-0.05, 0) is 65.4 Å². The fourth-order valence-electron chi connectivity index (χ4n) is 2.08. The van der Waals surface area contributed by atoms with E-state index in [0.717, 1.165) is 25.1 Å². The molecule has 1 heterocycles. The van der Waals surface area contributed by atoms with E-state index >= 15 is 0 Å². The van der Waals surface area contributed by atoms with E-state index in [-0.39, 0.29) is 0 Å². The van der Waals surface area contributed by atoms with Crippen LogP contribution >= 0.6 is 22.6 Å². The molecule has 1 atom stereocenters. The number of pyridine rings is 1. The fourth-order valence-corrected chi connectivity index (χ4v) is 2.64. The molecule has 0 saturated heterocycles. The smallest absolute Gasteiger partial charge is 0.0422 e. The molecule has 1 aromatic heterocycles. The van der Waals surface area contributed by atoms with Gasteiger partial charge in [0, 0.05) is 27.9 Å². The number of nitrogens with zero attached hydrogens (tertiary/aromatic N) is 1. The summed E-state index contributed by atoms with van der Waals surface area (Å²) in [4.78, 5) is 4.43. The summed E-state index contributed by atoms with van der Waals surface area (Å²) in [6, 6.07) is 15.1. The lowest BCUT2D eigenvalue weighted by Gasteiger charge is -2.19. The third kappa shape index (κ3) is 4.58. The van der Waals surface area contributed by atoms with Gasteiger partial charge in [0.1, 0.15) is 0 Å². The summed E-state index contributed by atoms with van der Waals surface area (Å²) >= 11 is 2.36. The van der Waals surface area contributed by atoms with Crippen LogP contribution in [0.25, 0.3) is 0 Å². The number of nitrogens with one attached hydrogen (secondary N) is 1.